The number of anilines is 1. The van der Waals surface area contributed by atoms with Crippen LogP contribution in [0.25, 0.3) is 16.2 Å². The molecular weight excluding hydrogens is 355 g/mol. The lowest BCUT2D eigenvalue weighted by Crippen LogP contribution is -2.10. The second kappa shape index (κ2) is 5.13. The van der Waals surface area contributed by atoms with Crippen LogP contribution >= 0.6 is 34.5 Å². The first-order valence-corrected chi connectivity index (χ1v) is 9.14. The van der Waals surface area contributed by atoms with Crippen molar-refractivity contribution >= 4 is 55.5 Å². The molecule has 0 saturated carbocycles. The lowest BCUT2D eigenvalue weighted by molar-refractivity contribution is 0.606. The van der Waals surface area contributed by atoms with Crippen LogP contribution in [-0.2, 0) is 10.0 Å². The quantitative estimate of drug-likeness (QED) is 0.776. The highest BCUT2D eigenvalue weighted by atomic mass is 35.5. The van der Waals surface area contributed by atoms with E-state index in [0.29, 0.717) is 26.3 Å². The van der Waals surface area contributed by atoms with E-state index in [0.717, 1.165) is 6.26 Å². The van der Waals surface area contributed by atoms with Gasteiger partial charge in [0.2, 0.25) is 15.0 Å². The number of halogens is 2. The fourth-order valence-electron chi connectivity index (χ4n) is 1.77. The number of nitrogens with zero attached hydrogens (tertiary/aromatic N) is 3. The minimum atomic E-state index is -3.43. The van der Waals surface area contributed by atoms with Crippen LogP contribution in [0.2, 0.25) is 10.0 Å². The molecule has 0 atom stereocenters. The predicted octanol–water partition coefficient (Wildman–Crippen LogP) is 3.14. The average Bonchev–Trinajstić information content (AvgIpc) is 2.90. The number of fused-ring (bicyclic) bond motifs is 1. The molecule has 10 heteroatoms. The van der Waals surface area contributed by atoms with Gasteiger partial charge in [0.1, 0.15) is 0 Å². The van der Waals surface area contributed by atoms with E-state index in [2.05, 4.69) is 14.8 Å². The van der Waals surface area contributed by atoms with Gasteiger partial charge in [-0.25, -0.2) is 12.9 Å². The smallest absolute Gasteiger partial charge is 0.250 e. The molecule has 0 aliphatic rings. The Hall–Kier alpha value is -1.35. The molecule has 0 spiro atoms. The molecule has 0 amide bonds. The molecule has 110 valence electrons. The minimum absolute atomic E-state index is 0.0174. The van der Waals surface area contributed by atoms with Gasteiger partial charge >= 0.3 is 0 Å². The maximum Gasteiger partial charge on any atom is 0.257 e. The number of aromatic nitrogens is 3. The van der Waals surface area contributed by atoms with E-state index in [1.807, 2.05) is 5.38 Å². The van der Waals surface area contributed by atoms with Gasteiger partial charge in [0, 0.05) is 16.0 Å². The summed E-state index contributed by atoms with van der Waals surface area (Å²) in [6, 6.07) is 5.10. The molecule has 2 aromatic heterocycles. The Morgan fingerprint density at radius 3 is 2.81 bits per heavy atom. The summed E-state index contributed by atoms with van der Waals surface area (Å²) in [6.07, 6.45) is 1.04. The largest absolute Gasteiger partial charge is 0.257 e. The number of nitrogens with one attached hydrogen (secondary N) is 1. The summed E-state index contributed by atoms with van der Waals surface area (Å²) in [5.41, 5.74) is 1.39. The molecule has 3 rings (SSSR count). The Labute approximate surface area is 134 Å². The zero-order chi connectivity index (χ0) is 15.2. The molecule has 1 N–H and O–H groups in total. The third-order valence-corrected chi connectivity index (χ3v) is 4.50. The van der Waals surface area contributed by atoms with Crippen molar-refractivity contribution in [2.24, 2.45) is 0 Å². The second-order valence-electron chi connectivity index (χ2n) is 4.25. The standard InChI is InChI=1S/C11H8Cl2N4O2S2/c1-21(18,19)16-10-14-11-17(15-10)9(5-20-11)7-4-6(12)2-3-8(7)13/h2-5H,1H3,(H,15,16). The Bertz CT molecular complexity index is 933. The van der Waals surface area contributed by atoms with Gasteiger partial charge in [-0.15, -0.1) is 16.4 Å². The first-order chi connectivity index (χ1) is 9.83. The summed E-state index contributed by atoms with van der Waals surface area (Å²) in [5.74, 6) is 0.0174. The van der Waals surface area contributed by atoms with Crippen LogP contribution in [0.4, 0.5) is 5.95 Å². The van der Waals surface area contributed by atoms with Crippen molar-refractivity contribution in [1.82, 2.24) is 14.6 Å². The van der Waals surface area contributed by atoms with Gasteiger partial charge in [-0.05, 0) is 18.2 Å². The van der Waals surface area contributed by atoms with Crippen molar-refractivity contribution in [3.05, 3.63) is 33.6 Å². The predicted molar refractivity (Wildman–Crippen MR) is 84.8 cm³/mol. The molecule has 21 heavy (non-hydrogen) atoms. The number of sulfonamides is 1. The molecule has 1 aromatic carbocycles. The maximum absolute atomic E-state index is 11.2. The Morgan fingerprint density at radius 2 is 2.10 bits per heavy atom. The Morgan fingerprint density at radius 1 is 1.33 bits per heavy atom. The van der Waals surface area contributed by atoms with E-state index in [1.54, 1.807) is 18.2 Å². The van der Waals surface area contributed by atoms with Gasteiger partial charge in [0.25, 0.3) is 5.95 Å². The van der Waals surface area contributed by atoms with Crippen LogP contribution in [0.1, 0.15) is 0 Å². The molecule has 0 aliphatic heterocycles. The fourth-order valence-corrected chi connectivity index (χ4v) is 3.40. The first kappa shape index (κ1) is 14.6. The van der Waals surface area contributed by atoms with Crippen LogP contribution < -0.4 is 4.72 Å². The number of hydrogen-bond acceptors (Lipinski definition) is 5. The monoisotopic (exact) mass is 362 g/mol. The van der Waals surface area contributed by atoms with E-state index in [4.69, 9.17) is 23.2 Å². The topological polar surface area (TPSA) is 76.4 Å². The summed E-state index contributed by atoms with van der Waals surface area (Å²) in [4.78, 5) is 4.65. The summed E-state index contributed by atoms with van der Waals surface area (Å²) in [6.45, 7) is 0. The molecule has 6 nitrogen and oxygen atoms in total. The average molecular weight is 363 g/mol. The van der Waals surface area contributed by atoms with Crippen LogP contribution in [0, 0.1) is 0 Å². The molecule has 0 unspecified atom stereocenters. The van der Waals surface area contributed by atoms with Crippen LogP contribution in [0.3, 0.4) is 0 Å². The van der Waals surface area contributed by atoms with Crippen LogP contribution in [0.15, 0.2) is 23.6 Å². The molecule has 0 radical (unpaired) electrons. The van der Waals surface area contributed by atoms with E-state index in [9.17, 15) is 8.42 Å². The minimum Gasteiger partial charge on any atom is -0.250 e. The van der Waals surface area contributed by atoms with Gasteiger partial charge in [-0.2, -0.15) is 4.98 Å². The van der Waals surface area contributed by atoms with E-state index >= 15 is 0 Å². The van der Waals surface area contributed by atoms with Crippen molar-refractivity contribution in [1.29, 1.82) is 0 Å². The highest BCUT2D eigenvalue weighted by molar-refractivity contribution is 7.91. The Kier molecular flexibility index (Phi) is 3.56. The molecule has 2 heterocycles. The molecule has 0 bridgehead atoms. The SMILES string of the molecule is CS(=O)(=O)Nc1nc2scc(-c3cc(Cl)ccc3Cl)n2n1. The van der Waals surface area contributed by atoms with Gasteiger partial charge in [-0.3, -0.25) is 4.72 Å². The van der Waals surface area contributed by atoms with Gasteiger partial charge < -0.3 is 0 Å². The first-order valence-electron chi connectivity index (χ1n) is 5.61. The highest BCUT2D eigenvalue weighted by Gasteiger charge is 2.15. The molecule has 3 aromatic rings. The summed E-state index contributed by atoms with van der Waals surface area (Å²) < 4.78 is 26.2. The van der Waals surface area contributed by atoms with Crippen molar-refractivity contribution < 1.29 is 8.42 Å². The number of hydrogen-bond donors (Lipinski definition) is 1. The van der Waals surface area contributed by atoms with E-state index in [-0.39, 0.29) is 5.95 Å². The number of benzene rings is 1. The van der Waals surface area contributed by atoms with Crippen LogP contribution in [0.5, 0.6) is 0 Å². The lowest BCUT2D eigenvalue weighted by atomic mass is 10.2. The fraction of sp³-hybridized carbons (Fsp3) is 0.0909. The van der Waals surface area contributed by atoms with E-state index in [1.165, 1.54) is 15.9 Å². The van der Waals surface area contributed by atoms with Crippen molar-refractivity contribution in [2.45, 2.75) is 0 Å². The van der Waals surface area contributed by atoms with E-state index < -0.39 is 10.0 Å². The lowest BCUT2D eigenvalue weighted by Gasteiger charge is -2.03. The molecule has 0 fully saturated rings. The summed E-state index contributed by atoms with van der Waals surface area (Å²) in [7, 11) is -3.43. The third kappa shape index (κ3) is 2.98. The van der Waals surface area contributed by atoms with Crippen LogP contribution in [-0.4, -0.2) is 29.3 Å². The Balaban J connectivity index is 2.13. The maximum atomic E-state index is 11.2. The van der Waals surface area contributed by atoms with Gasteiger partial charge in [0.05, 0.1) is 17.0 Å². The summed E-state index contributed by atoms with van der Waals surface area (Å²) >= 11 is 13.5. The zero-order valence-electron chi connectivity index (χ0n) is 10.5. The second-order valence-corrected chi connectivity index (χ2v) is 7.68. The third-order valence-electron chi connectivity index (χ3n) is 2.56. The molecular formula is C11H8Cl2N4O2S2. The number of thiazole rings is 1. The van der Waals surface area contributed by atoms with Crippen molar-refractivity contribution in [2.75, 3.05) is 11.0 Å². The highest BCUT2D eigenvalue weighted by Crippen LogP contribution is 2.33. The normalized spacial score (nSPS) is 12.0. The van der Waals surface area contributed by atoms with Crippen molar-refractivity contribution in [3.8, 4) is 11.3 Å². The zero-order valence-corrected chi connectivity index (χ0v) is 13.7. The van der Waals surface area contributed by atoms with Gasteiger partial charge in [-0.1, -0.05) is 23.2 Å². The molecule has 0 aliphatic carbocycles. The number of rotatable bonds is 3. The van der Waals surface area contributed by atoms with Crippen molar-refractivity contribution in [3.63, 3.8) is 0 Å². The molecule has 0 saturated heterocycles. The van der Waals surface area contributed by atoms with Gasteiger partial charge in [0.15, 0.2) is 0 Å². The summed E-state index contributed by atoms with van der Waals surface area (Å²) in [5, 5.41) is 7.02.